The van der Waals surface area contributed by atoms with E-state index in [-0.39, 0.29) is 28.9 Å². The molecule has 0 spiro atoms. The molecule has 0 atom stereocenters. The summed E-state index contributed by atoms with van der Waals surface area (Å²) < 4.78 is 14.6. The van der Waals surface area contributed by atoms with Gasteiger partial charge in [-0.05, 0) is 35.9 Å². The number of carbonyl (C=O) groups excluding carboxylic acids is 1. The third-order valence-corrected chi connectivity index (χ3v) is 3.43. The maximum Gasteiger partial charge on any atom is 0.274 e. The van der Waals surface area contributed by atoms with Gasteiger partial charge >= 0.3 is 0 Å². The summed E-state index contributed by atoms with van der Waals surface area (Å²) in [5.74, 6) is -1.10. The first-order valence-electron chi connectivity index (χ1n) is 6.76. The molecule has 0 aliphatic heterocycles. The van der Waals surface area contributed by atoms with E-state index >= 15 is 0 Å². The summed E-state index contributed by atoms with van der Waals surface area (Å²) >= 11 is 0. The molecule has 0 aliphatic rings. The Hall–Kier alpha value is -3.06. The van der Waals surface area contributed by atoms with Crippen LogP contribution in [0.25, 0.3) is 10.9 Å². The standard InChI is InChI=1S/C16H12FN3O3/c17-12-3-1-2-10(6-12)8-20-9-18-14-5-4-11(15(21)19-23)7-13(14)16(20)22/h1-7,9,23H,8H2,(H,19,21). The third kappa shape index (κ3) is 2.95. The fourth-order valence-corrected chi connectivity index (χ4v) is 2.31. The average Bonchev–Trinajstić information content (AvgIpc) is 2.56. The Balaban J connectivity index is 2.07. The van der Waals surface area contributed by atoms with Crippen LogP contribution in [0.3, 0.4) is 0 Å². The number of rotatable bonds is 3. The number of hydroxylamine groups is 1. The van der Waals surface area contributed by atoms with Crippen LogP contribution in [0.1, 0.15) is 15.9 Å². The molecule has 0 bridgehead atoms. The van der Waals surface area contributed by atoms with Crippen molar-refractivity contribution in [3.8, 4) is 0 Å². The van der Waals surface area contributed by atoms with Gasteiger partial charge in [0.05, 0.1) is 23.8 Å². The van der Waals surface area contributed by atoms with Gasteiger partial charge in [-0.3, -0.25) is 19.4 Å². The second-order valence-electron chi connectivity index (χ2n) is 4.98. The van der Waals surface area contributed by atoms with Crippen molar-refractivity contribution in [2.24, 2.45) is 0 Å². The number of hydrogen-bond acceptors (Lipinski definition) is 4. The van der Waals surface area contributed by atoms with Gasteiger partial charge < -0.3 is 0 Å². The summed E-state index contributed by atoms with van der Waals surface area (Å²) in [4.78, 5) is 28.1. The Kier molecular flexibility index (Phi) is 3.86. The molecule has 2 N–H and O–H groups in total. The Labute approximate surface area is 129 Å². The molecule has 1 amide bonds. The fraction of sp³-hybridized carbons (Fsp3) is 0.0625. The topological polar surface area (TPSA) is 84.2 Å². The van der Waals surface area contributed by atoms with E-state index < -0.39 is 5.91 Å². The molecule has 1 aromatic heterocycles. The maximum atomic E-state index is 13.2. The van der Waals surface area contributed by atoms with Crippen molar-refractivity contribution in [1.29, 1.82) is 0 Å². The molecular weight excluding hydrogens is 301 g/mol. The minimum Gasteiger partial charge on any atom is -0.294 e. The quantitative estimate of drug-likeness (QED) is 0.569. The number of benzene rings is 2. The van der Waals surface area contributed by atoms with Crippen LogP contribution in [0, 0.1) is 5.82 Å². The van der Waals surface area contributed by atoms with Crippen molar-refractivity contribution in [3.05, 3.63) is 76.1 Å². The average molecular weight is 313 g/mol. The molecule has 7 heteroatoms. The van der Waals surface area contributed by atoms with Crippen LogP contribution >= 0.6 is 0 Å². The van der Waals surface area contributed by atoms with Crippen molar-refractivity contribution in [3.63, 3.8) is 0 Å². The molecule has 0 radical (unpaired) electrons. The van der Waals surface area contributed by atoms with Crippen molar-refractivity contribution in [2.45, 2.75) is 6.54 Å². The van der Waals surface area contributed by atoms with Crippen LogP contribution in [-0.4, -0.2) is 20.7 Å². The van der Waals surface area contributed by atoms with Gasteiger partial charge in [-0.25, -0.2) is 14.9 Å². The first-order valence-corrected chi connectivity index (χ1v) is 6.76. The number of aromatic nitrogens is 2. The fourth-order valence-electron chi connectivity index (χ4n) is 2.31. The second-order valence-corrected chi connectivity index (χ2v) is 4.98. The number of carbonyl (C=O) groups is 1. The Morgan fingerprint density at radius 2 is 2.09 bits per heavy atom. The van der Waals surface area contributed by atoms with E-state index in [2.05, 4.69) is 4.98 Å². The normalized spacial score (nSPS) is 10.7. The van der Waals surface area contributed by atoms with Crippen LogP contribution in [-0.2, 0) is 6.54 Å². The van der Waals surface area contributed by atoms with Gasteiger partial charge in [0.1, 0.15) is 5.82 Å². The molecule has 1 heterocycles. The molecule has 3 rings (SSSR count). The zero-order valence-corrected chi connectivity index (χ0v) is 11.9. The minimum atomic E-state index is -0.716. The van der Waals surface area contributed by atoms with E-state index in [1.165, 1.54) is 46.7 Å². The number of nitrogens with one attached hydrogen (secondary N) is 1. The molecule has 116 valence electrons. The zero-order valence-electron chi connectivity index (χ0n) is 11.9. The van der Waals surface area contributed by atoms with Gasteiger partial charge in [0.25, 0.3) is 11.5 Å². The third-order valence-electron chi connectivity index (χ3n) is 3.43. The van der Waals surface area contributed by atoms with Crippen molar-refractivity contribution in [2.75, 3.05) is 0 Å². The highest BCUT2D eigenvalue weighted by atomic mass is 19.1. The Bertz CT molecular complexity index is 953. The summed E-state index contributed by atoms with van der Waals surface area (Å²) in [6, 6.07) is 10.3. The summed E-state index contributed by atoms with van der Waals surface area (Å²) in [7, 11) is 0. The second kappa shape index (κ2) is 5.98. The summed E-state index contributed by atoms with van der Waals surface area (Å²) in [5.41, 5.74) is 2.36. The van der Waals surface area contributed by atoms with Crippen molar-refractivity contribution < 1.29 is 14.4 Å². The predicted molar refractivity (Wildman–Crippen MR) is 80.8 cm³/mol. The van der Waals surface area contributed by atoms with Gasteiger partial charge in [0.15, 0.2) is 0 Å². The lowest BCUT2D eigenvalue weighted by molar-refractivity contribution is 0.0706. The van der Waals surface area contributed by atoms with Crippen molar-refractivity contribution in [1.82, 2.24) is 15.0 Å². The summed E-state index contributed by atoms with van der Waals surface area (Å²) in [5, 5.41) is 8.91. The van der Waals surface area contributed by atoms with Crippen LogP contribution in [0.2, 0.25) is 0 Å². The van der Waals surface area contributed by atoms with Gasteiger partial charge in [-0.15, -0.1) is 0 Å². The number of hydrogen-bond donors (Lipinski definition) is 2. The van der Waals surface area contributed by atoms with E-state index in [1.54, 1.807) is 12.1 Å². The first-order chi connectivity index (χ1) is 11.1. The highest BCUT2D eigenvalue weighted by Gasteiger charge is 2.10. The van der Waals surface area contributed by atoms with E-state index in [0.717, 1.165) is 0 Å². The largest absolute Gasteiger partial charge is 0.294 e. The van der Waals surface area contributed by atoms with E-state index in [0.29, 0.717) is 11.1 Å². The highest BCUT2D eigenvalue weighted by molar-refractivity contribution is 5.97. The minimum absolute atomic E-state index is 0.141. The molecule has 0 fully saturated rings. The molecule has 0 unspecified atom stereocenters. The first kappa shape index (κ1) is 14.9. The van der Waals surface area contributed by atoms with E-state index in [4.69, 9.17) is 5.21 Å². The Morgan fingerprint density at radius 1 is 1.26 bits per heavy atom. The van der Waals surface area contributed by atoms with E-state index in [9.17, 15) is 14.0 Å². The van der Waals surface area contributed by atoms with Gasteiger partial charge in [0.2, 0.25) is 0 Å². The van der Waals surface area contributed by atoms with Crippen LogP contribution < -0.4 is 11.0 Å². The number of amides is 1. The molecule has 23 heavy (non-hydrogen) atoms. The lowest BCUT2D eigenvalue weighted by Crippen LogP contribution is -2.23. The monoisotopic (exact) mass is 313 g/mol. The SMILES string of the molecule is O=C(NO)c1ccc2ncn(Cc3cccc(F)c3)c(=O)c2c1. The molecule has 2 aromatic carbocycles. The van der Waals surface area contributed by atoms with Gasteiger partial charge in [0, 0.05) is 5.56 Å². The highest BCUT2D eigenvalue weighted by Crippen LogP contribution is 2.11. The predicted octanol–water partition coefficient (Wildman–Crippen LogP) is 1.70. The van der Waals surface area contributed by atoms with Crippen LogP contribution in [0.15, 0.2) is 53.6 Å². The molecule has 0 saturated carbocycles. The summed E-state index contributed by atoms with van der Waals surface area (Å²) in [6.07, 6.45) is 1.38. The number of fused-ring (bicyclic) bond motifs is 1. The molecule has 6 nitrogen and oxygen atoms in total. The van der Waals surface area contributed by atoms with E-state index in [1.807, 2.05) is 0 Å². The smallest absolute Gasteiger partial charge is 0.274 e. The zero-order chi connectivity index (χ0) is 16.4. The van der Waals surface area contributed by atoms with Crippen LogP contribution in [0.5, 0.6) is 0 Å². The lowest BCUT2D eigenvalue weighted by atomic mass is 10.1. The molecule has 0 aliphatic carbocycles. The number of halogens is 1. The number of nitrogens with zero attached hydrogens (tertiary/aromatic N) is 2. The Morgan fingerprint density at radius 3 is 2.83 bits per heavy atom. The van der Waals surface area contributed by atoms with Crippen molar-refractivity contribution >= 4 is 16.8 Å². The van der Waals surface area contributed by atoms with Gasteiger partial charge in [-0.1, -0.05) is 12.1 Å². The lowest BCUT2D eigenvalue weighted by Gasteiger charge is -2.08. The molecular formula is C16H12FN3O3. The summed E-state index contributed by atoms with van der Waals surface area (Å²) in [6.45, 7) is 0.163. The van der Waals surface area contributed by atoms with Crippen LogP contribution in [0.4, 0.5) is 4.39 Å². The molecule has 3 aromatic rings. The maximum absolute atomic E-state index is 13.2. The molecule has 0 saturated heterocycles. The van der Waals surface area contributed by atoms with Gasteiger partial charge in [-0.2, -0.15) is 0 Å².